The monoisotopic (exact) mass is 264 g/mol. The second kappa shape index (κ2) is 6.15. The summed E-state index contributed by atoms with van der Waals surface area (Å²) in [6.07, 6.45) is 2.90. The lowest BCUT2D eigenvalue weighted by Crippen LogP contribution is -2.43. The smallest absolute Gasteiger partial charge is 0.237 e. The van der Waals surface area contributed by atoms with Gasteiger partial charge in [0.05, 0.1) is 6.04 Å². The molecule has 0 aromatic heterocycles. The van der Waals surface area contributed by atoms with Gasteiger partial charge in [-0.3, -0.25) is 10.1 Å². The van der Waals surface area contributed by atoms with Crippen LogP contribution in [0.3, 0.4) is 0 Å². The highest BCUT2D eigenvalue weighted by atomic mass is 19.1. The van der Waals surface area contributed by atoms with E-state index in [4.69, 9.17) is 0 Å². The number of rotatable bonds is 3. The van der Waals surface area contributed by atoms with Crippen molar-refractivity contribution in [3.63, 3.8) is 0 Å². The Labute approximate surface area is 113 Å². The summed E-state index contributed by atoms with van der Waals surface area (Å²) in [5, 5.41) is 6.19. The van der Waals surface area contributed by atoms with E-state index >= 15 is 0 Å². The fraction of sp³-hybridized carbons (Fsp3) is 0.533. The Morgan fingerprint density at radius 3 is 2.95 bits per heavy atom. The van der Waals surface area contributed by atoms with Gasteiger partial charge >= 0.3 is 0 Å². The first-order chi connectivity index (χ1) is 9.08. The molecule has 1 fully saturated rings. The Morgan fingerprint density at radius 2 is 2.21 bits per heavy atom. The minimum Gasteiger partial charge on any atom is -0.355 e. The summed E-state index contributed by atoms with van der Waals surface area (Å²) in [5.74, 6) is -0.145. The van der Waals surface area contributed by atoms with Crippen LogP contribution >= 0.6 is 0 Å². The third-order valence-corrected chi connectivity index (χ3v) is 3.68. The SMILES string of the molecule is Cc1ccc(C(C)NC2CCCCNC2=O)cc1F. The highest BCUT2D eigenvalue weighted by molar-refractivity contribution is 5.81. The molecule has 1 saturated heterocycles. The Kier molecular flexibility index (Phi) is 4.53. The topological polar surface area (TPSA) is 41.1 Å². The molecule has 1 heterocycles. The Balaban J connectivity index is 2.04. The molecule has 19 heavy (non-hydrogen) atoms. The van der Waals surface area contributed by atoms with Gasteiger partial charge in [0.2, 0.25) is 5.91 Å². The van der Waals surface area contributed by atoms with Crippen molar-refractivity contribution in [1.29, 1.82) is 0 Å². The number of hydrogen-bond acceptors (Lipinski definition) is 2. The fourth-order valence-corrected chi connectivity index (χ4v) is 2.37. The maximum Gasteiger partial charge on any atom is 0.237 e. The molecular weight excluding hydrogens is 243 g/mol. The molecule has 0 saturated carbocycles. The number of carbonyl (C=O) groups is 1. The molecule has 104 valence electrons. The normalized spacial score (nSPS) is 21.6. The van der Waals surface area contributed by atoms with Gasteiger partial charge in [-0.2, -0.15) is 0 Å². The third kappa shape index (κ3) is 3.53. The van der Waals surface area contributed by atoms with Crippen molar-refractivity contribution in [2.45, 2.75) is 45.2 Å². The second-order valence-electron chi connectivity index (χ2n) is 5.24. The van der Waals surface area contributed by atoms with Gasteiger partial charge in [0.25, 0.3) is 0 Å². The molecule has 2 rings (SSSR count). The molecule has 2 atom stereocenters. The van der Waals surface area contributed by atoms with Crippen LogP contribution in [0.2, 0.25) is 0 Å². The molecule has 0 radical (unpaired) electrons. The second-order valence-corrected chi connectivity index (χ2v) is 5.24. The molecule has 0 spiro atoms. The van der Waals surface area contributed by atoms with E-state index in [0.29, 0.717) is 5.56 Å². The standard InChI is InChI=1S/C15H21FN2O/c1-10-6-7-12(9-13(10)16)11(2)18-14-5-3-4-8-17-15(14)19/h6-7,9,11,14,18H,3-5,8H2,1-2H3,(H,17,19). The third-order valence-electron chi connectivity index (χ3n) is 3.68. The lowest BCUT2D eigenvalue weighted by atomic mass is 10.0. The number of carbonyl (C=O) groups excluding carboxylic acids is 1. The number of benzene rings is 1. The van der Waals surface area contributed by atoms with Crippen molar-refractivity contribution in [1.82, 2.24) is 10.6 Å². The van der Waals surface area contributed by atoms with Gasteiger partial charge in [-0.15, -0.1) is 0 Å². The number of aryl methyl sites for hydroxylation is 1. The number of amides is 1. The first-order valence-corrected chi connectivity index (χ1v) is 6.87. The fourth-order valence-electron chi connectivity index (χ4n) is 2.37. The first kappa shape index (κ1) is 14.0. The molecule has 1 aliphatic heterocycles. The van der Waals surface area contributed by atoms with E-state index in [1.54, 1.807) is 19.1 Å². The van der Waals surface area contributed by atoms with Crippen molar-refractivity contribution >= 4 is 5.91 Å². The van der Waals surface area contributed by atoms with Crippen LogP contribution in [-0.4, -0.2) is 18.5 Å². The summed E-state index contributed by atoms with van der Waals surface area (Å²) < 4.78 is 13.6. The zero-order valence-electron chi connectivity index (χ0n) is 11.5. The predicted octanol–water partition coefficient (Wildman–Crippen LogP) is 2.45. The van der Waals surface area contributed by atoms with Gasteiger partial charge in [-0.1, -0.05) is 12.1 Å². The number of nitrogens with one attached hydrogen (secondary N) is 2. The lowest BCUT2D eigenvalue weighted by molar-refractivity contribution is -0.123. The zero-order chi connectivity index (χ0) is 13.8. The Hall–Kier alpha value is -1.42. The molecule has 1 aromatic rings. The number of halogens is 1. The molecular formula is C15H21FN2O. The summed E-state index contributed by atoms with van der Waals surface area (Å²) in [7, 11) is 0. The van der Waals surface area contributed by atoms with Gasteiger partial charge in [0, 0.05) is 12.6 Å². The minimum absolute atomic E-state index is 0.0380. The summed E-state index contributed by atoms with van der Waals surface area (Å²) in [6.45, 7) is 4.46. The molecule has 1 aromatic carbocycles. The van der Waals surface area contributed by atoms with E-state index in [1.165, 1.54) is 0 Å². The van der Waals surface area contributed by atoms with Crippen LogP contribution < -0.4 is 10.6 Å². The Bertz CT molecular complexity index is 461. The molecule has 2 unspecified atom stereocenters. The highest BCUT2D eigenvalue weighted by Crippen LogP contribution is 2.18. The van der Waals surface area contributed by atoms with Crippen molar-refractivity contribution in [2.24, 2.45) is 0 Å². The highest BCUT2D eigenvalue weighted by Gasteiger charge is 2.22. The quantitative estimate of drug-likeness (QED) is 0.880. The van der Waals surface area contributed by atoms with E-state index in [0.717, 1.165) is 31.4 Å². The molecule has 1 aliphatic rings. The van der Waals surface area contributed by atoms with Crippen molar-refractivity contribution in [2.75, 3.05) is 6.54 Å². The molecule has 0 aliphatic carbocycles. The van der Waals surface area contributed by atoms with Crippen molar-refractivity contribution in [3.05, 3.63) is 35.1 Å². The molecule has 0 bridgehead atoms. The lowest BCUT2D eigenvalue weighted by Gasteiger charge is -2.21. The first-order valence-electron chi connectivity index (χ1n) is 6.87. The van der Waals surface area contributed by atoms with E-state index in [-0.39, 0.29) is 23.8 Å². The van der Waals surface area contributed by atoms with Crippen LogP contribution in [-0.2, 0) is 4.79 Å². The number of hydrogen-bond donors (Lipinski definition) is 2. The maximum atomic E-state index is 13.6. The van der Waals surface area contributed by atoms with Crippen LogP contribution in [0.5, 0.6) is 0 Å². The van der Waals surface area contributed by atoms with Gasteiger partial charge in [0.15, 0.2) is 0 Å². The van der Waals surface area contributed by atoms with Crippen LogP contribution in [0.1, 0.15) is 43.4 Å². The summed E-state index contributed by atoms with van der Waals surface area (Å²) >= 11 is 0. The van der Waals surface area contributed by atoms with Crippen LogP contribution in [0.15, 0.2) is 18.2 Å². The van der Waals surface area contributed by atoms with Crippen molar-refractivity contribution < 1.29 is 9.18 Å². The van der Waals surface area contributed by atoms with Crippen LogP contribution in [0.4, 0.5) is 4.39 Å². The van der Waals surface area contributed by atoms with Crippen LogP contribution in [0.25, 0.3) is 0 Å². The van der Waals surface area contributed by atoms with Gasteiger partial charge in [0.1, 0.15) is 5.82 Å². The average Bonchev–Trinajstić information content (AvgIpc) is 2.58. The minimum atomic E-state index is -0.198. The van der Waals surface area contributed by atoms with E-state index in [2.05, 4.69) is 10.6 Å². The molecule has 4 heteroatoms. The van der Waals surface area contributed by atoms with Gasteiger partial charge in [-0.05, 0) is 50.3 Å². The predicted molar refractivity (Wildman–Crippen MR) is 73.3 cm³/mol. The van der Waals surface area contributed by atoms with E-state index < -0.39 is 0 Å². The van der Waals surface area contributed by atoms with Gasteiger partial charge in [-0.25, -0.2) is 4.39 Å². The summed E-state index contributed by atoms with van der Waals surface area (Å²) in [4.78, 5) is 11.9. The molecule has 2 N–H and O–H groups in total. The zero-order valence-corrected chi connectivity index (χ0v) is 11.5. The van der Waals surface area contributed by atoms with E-state index in [1.807, 2.05) is 13.0 Å². The van der Waals surface area contributed by atoms with Crippen molar-refractivity contribution in [3.8, 4) is 0 Å². The largest absolute Gasteiger partial charge is 0.355 e. The maximum absolute atomic E-state index is 13.6. The van der Waals surface area contributed by atoms with E-state index in [9.17, 15) is 9.18 Å². The summed E-state index contributed by atoms with van der Waals surface area (Å²) in [6, 6.07) is 5.01. The van der Waals surface area contributed by atoms with Gasteiger partial charge < -0.3 is 5.32 Å². The molecule has 3 nitrogen and oxygen atoms in total. The molecule has 1 amide bonds. The van der Waals surface area contributed by atoms with Crippen LogP contribution in [0, 0.1) is 12.7 Å². The Morgan fingerprint density at radius 1 is 1.42 bits per heavy atom. The average molecular weight is 264 g/mol. The summed E-state index contributed by atoms with van der Waals surface area (Å²) in [5.41, 5.74) is 1.52.